The van der Waals surface area contributed by atoms with E-state index in [0.717, 1.165) is 19.3 Å². The predicted octanol–water partition coefficient (Wildman–Crippen LogP) is 0.488. The summed E-state index contributed by atoms with van der Waals surface area (Å²) in [6.07, 6.45) is 3.03. The minimum absolute atomic E-state index is 0.0178. The lowest BCUT2D eigenvalue weighted by Crippen LogP contribution is -2.29. The van der Waals surface area contributed by atoms with Crippen LogP contribution in [0.4, 0.5) is 0 Å². The highest BCUT2D eigenvalue weighted by atomic mass is 32.2. The minimum Gasteiger partial charge on any atom is -0.330 e. The molecule has 0 spiro atoms. The van der Waals surface area contributed by atoms with Gasteiger partial charge in [-0.25, -0.2) is 21.6 Å². The van der Waals surface area contributed by atoms with Crippen LogP contribution in [0.15, 0.2) is 34.1 Å². The van der Waals surface area contributed by atoms with Gasteiger partial charge in [-0.2, -0.15) is 4.31 Å². The molecule has 130 valence electrons. The Morgan fingerprint density at radius 1 is 1.04 bits per heavy atom. The lowest BCUT2D eigenvalue weighted by Gasteiger charge is -2.16. The average Bonchev–Trinajstić information content (AvgIpc) is 3.07. The summed E-state index contributed by atoms with van der Waals surface area (Å²) in [5.41, 5.74) is 5.37. The fourth-order valence-electron chi connectivity index (χ4n) is 2.44. The molecular weight excluding hydrogens is 338 g/mol. The lowest BCUT2D eigenvalue weighted by molar-refractivity contribution is 0.477. The molecule has 7 nitrogen and oxygen atoms in total. The van der Waals surface area contributed by atoms with Crippen LogP contribution in [-0.2, 0) is 20.0 Å². The Morgan fingerprint density at radius 2 is 1.70 bits per heavy atom. The van der Waals surface area contributed by atoms with Crippen LogP contribution in [-0.4, -0.2) is 47.3 Å². The standard InChI is InChI=1S/C14H23N3O4S2/c15-8-1-2-9-16-22(18,19)13-6-5-7-14(12-13)23(20,21)17-10-3-4-11-17/h5-7,12,16H,1-4,8-11,15H2. The Kier molecular flexibility index (Phi) is 6.15. The molecule has 0 radical (unpaired) electrons. The number of nitrogens with two attached hydrogens (primary N) is 1. The van der Waals surface area contributed by atoms with E-state index < -0.39 is 20.0 Å². The van der Waals surface area contributed by atoms with E-state index >= 15 is 0 Å². The first-order valence-electron chi connectivity index (χ1n) is 7.68. The van der Waals surface area contributed by atoms with Crippen molar-refractivity contribution in [3.63, 3.8) is 0 Å². The summed E-state index contributed by atoms with van der Waals surface area (Å²) >= 11 is 0. The van der Waals surface area contributed by atoms with Crippen molar-refractivity contribution in [1.82, 2.24) is 9.03 Å². The van der Waals surface area contributed by atoms with Gasteiger partial charge < -0.3 is 5.73 Å². The molecule has 1 aliphatic rings. The van der Waals surface area contributed by atoms with Gasteiger partial charge in [0.1, 0.15) is 0 Å². The van der Waals surface area contributed by atoms with Gasteiger partial charge in [-0.1, -0.05) is 6.07 Å². The van der Waals surface area contributed by atoms with Gasteiger partial charge in [-0.15, -0.1) is 0 Å². The molecule has 0 bridgehead atoms. The van der Waals surface area contributed by atoms with Gasteiger partial charge in [0.2, 0.25) is 20.0 Å². The monoisotopic (exact) mass is 361 g/mol. The van der Waals surface area contributed by atoms with Crippen molar-refractivity contribution in [2.24, 2.45) is 5.73 Å². The van der Waals surface area contributed by atoms with Gasteiger partial charge in [-0.05, 0) is 50.4 Å². The molecule has 9 heteroatoms. The van der Waals surface area contributed by atoms with Crippen LogP contribution >= 0.6 is 0 Å². The van der Waals surface area contributed by atoms with Crippen molar-refractivity contribution in [2.45, 2.75) is 35.5 Å². The summed E-state index contributed by atoms with van der Waals surface area (Å²) in [5.74, 6) is 0. The molecule has 0 unspecified atom stereocenters. The molecule has 1 aromatic rings. The normalized spacial score (nSPS) is 16.7. The van der Waals surface area contributed by atoms with Crippen LogP contribution in [0, 0.1) is 0 Å². The number of benzene rings is 1. The molecule has 0 saturated carbocycles. The Balaban J connectivity index is 2.19. The fourth-order valence-corrected chi connectivity index (χ4v) is 5.20. The summed E-state index contributed by atoms with van der Waals surface area (Å²) < 4.78 is 53.4. The summed E-state index contributed by atoms with van der Waals surface area (Å²) in [4.78, 5) is -0.0187. The summed E-state index contributed by atoms with van der Waals surface area (Å²) in [7, 11) is -7.35. The van der Waals surface area contributed by atoms with Gasteiger partial charge in [0.25, 0.3) is 0 Å². The maximum atomic E-state index is 12.5. The van der Waals surface area contributed by atoms with E-state index in [1.165, 1.54) is 28.6 Å². The van der Waals surface area contributed by atoms with E-state index in [0.29, 0.717) is 26.1 Å². The molecule has 3 N–H and O–H groups in total. The van der Waals surface area contributed by atoms with E-state index in [-0.39, 0.29) is 16.3 Å². The number of hydrogen-bond donors (Lipinski definition) is 2. The zero-order valence-corrected chi connectivity index (χ0v) is 14.6. The van der Waals surface area contributed by atoms with Crippen molar-refractivity contribution in [3.8, 4) is 0 Å². The number of sulfonamides is 2. The van der Waals surface area contributed by atoms with Crippen LogP contribution < -0.4 is 10.5 Å². The van der Waals surface area contributed by atoms with Crippen molar-refractivity contribution < 1.29 is 16.8 Å². The van der Waals surface area contributed by atoms with E-state index in [9.17, 15) is 16.8 Å². The third-order valence-electron chi connectivity index (χ3n) is 3.74. The Hall–Kier alpha value is -1.00. The average molecular weight is 361 g/mol. The largest absolute Gasteiger partial charge is 0.330 e. The minimum atomic E-state index is -3.72. The molecule has 0 aliphatic carbocycles. The number of rotatable bonds is 8. The molecule has 1 fully saturated rings. The van der Waals surface area contributed by atoms with Crippen LogP contribution in [0.5, 0.6) is 0 Å². The molecule has 23 heavy (non-hydrogen) atoms. The van der Waals surface area contributed by atoms with Crippen LogP contribution in [0.3, 0.4) is 0 Å². The van der Waals surface area contributed by atoms with Gasteiger partial charge in [0.15, 0.2) is 0 Å². The number of hydrogen-bond acceptors (Lipinski definition) is 5. The molecule has 0 amide bonds. The third kappa shape index (κ3) is 4.51. The Morgan fingerprint density at radius 3 is 2.35 bits per heavy atom. The second-order valence-electron chi connectivity index (χ2n) is 5.48. The van der Waals surface area contributed by atoms with Crippen LogP contribution in [0.1, 0.15) is 25.7 Å². The maximum absolute atomic E-state index is 12.5. The highest BCUT2D eigenvalue weighted by Crippen LogP contribution is 2.22. The van der Waals surface area contributed by atoms with Crippen molar-refractivity contribution in [3.05, 3.63) is 24.3 Å². The zero-order valence-electron chi connectivity index (χ0n) is 12.9. The molecule has 0 atom stereocenters. The predicted molar refractivity (Wildman–Crippen MR) is 87.9 cm³/mol. The summed E-state index contributed by atoms with van der Waals surface area (Å²) in [6.45, 7) is 1.75. The zero-order chi connectivity index (χ0) is 16.9. The van der Waals surface area contributed by atoms with E-state index in [2.05, 4.69) is 4.72 Å². The Labute approximate surface area is 138 Å². The van der Waals surface area contributed by atoms with Crippen LogP contribution in [0.2, 0.25) is 0 Å². The second kappa shape index (κ2) is 7.71. The van der Waals surface area contributed by atoms with Gasteiger partial charge in [0, 0.05) is 19.6 Å². The van der Waals surface area contributed by atoms with E-state index in [1.54, 1.807) is 0 Å². The van der Waals surface area contributed by atoms with Crippen molar-refractivity contribution in [2.75, 3.05) is 26.2 Å². The first kappa shape index (κ1) is 18.3. The molecule has 1 aromatic carbocycles. The summed E-state index contributed by atoms with van der Waals surface area (Å²) in [5, 5.41) is 0. The molecular formula is C14H23N3O4S2. The van der Waals surface area contributed by atoms with Gasteiger partial charge in [0.05, 0.1) is 9.79 Å². The summed E-state index contributed by atoms with van der Waals surface area (Å²) in [6, 6.07) is 5.51. The van der Waals surface area contributed by atoms with Gasteiger partial charge >= 0.3 is 0 Å². The molecule has 1 saturated heterocycles. The number of nitrogens with one attached hydrogen (secondary N) is 1. The van der Waals surface area contributed by atoms with Crippen molar-refractivity contribution >= 4 is 20.0 Å². The van der Waals surface area contributed by atoms with Crippen molar-refractivity contribution in [1.29, 1.82) is 0 Å². The second-order valence-corrected chi connectivity index (χ2v) is 9.18. The molecule has 1 heterocycles. The van der Waals surface area contributed by atoms with E-state index in [1.807, 2.05) is 0 Å². The first-order chi connectivity index (χ1) is 10.9. The highest BCUT2D eigenvalue weighted by Gasteiger charge is 2.28. The molecule has 0 aromatic heterocycles. The lowest BCUT2D eigenvalue weighted by atomic mass is 10.3. The molecule has 2 rings (SSSR count). The SMILES string of the molecule is NCCCCNS(=O)(=O)c1cccc(S(=O)(=O)N2CCCC2)c1. The van der Waals surface area contributed by atoms with Gasteiger partial charge in [-0.3, -0.25) is 0 Å². The third-order valence-corrected chi connectivity index (χ3v) is 7.09. The highest BCUT2D eigenvalue weighted by molar-refractivity contribution is 7.90. The Bertz CT molecular complexity index is 726. The topological polar surface area (TPSA) is 110 Å². The number of unbranched alkanes of at least 4 members (excludes halogenated alkanes) is 1. The quantitative estimate of drug-likeness (QED) is 0.655. The maximum Gasteiger partial charge on any atom is 0.243 e. The van der Waals surface area contributed by atoms with Crippen LogP contribution in [0.25, 0.3) is 0 Å². The number of nitrogens with zero attached hydrogens (tertiary/aromatic N) is 1. The fraction of sp³-hybridized carbons (Fsp3) is 0.571. The first-order valence-corrected chi connectivity index (χ1v) is 10.6. The molecule has 1 aliphatic heterocycles. The van der Waals surface area contributed by atoms with E-state index in [4.69, 9.17) is 5.73 Å². The smallest absolute Gasteiger partial charge is 0.243 e.